The van der Waals surface area contributed by atoms with Gasteiger partial charge in [0.2, 0.25) is 0 Å². The number of carbonyl (C=O) groups excluding carboxylic acids is 1. The number of hydrogen-bond donors (Lipinski definition) is 1. The molecule has 1 aliphatic rings. The van der Waals surface area contributed by atoms with Crippen molar-refractivity contribution in [2.75, 3.05) is 27.9 Å². The summed E-state index contributed by atoms with van der Waals surface area (Å²) in [6.07, 6.45) is 0.380. The summed E-state index contributed by atoms with van der Waals surface area (Å²) in [5.74, 6) is 2.60. The van der Waals surface area contributed by atoms with E-state index in [2.05, 4.69) is 5.32 Å². The molecule has 3 aromatic rings. The second kappa shape index (κ2) is 9.54. The van der Waals surface area contributed by atoms with Crippen molar-refractivity contribution in [2.45, 2.75) is 19.1 Å². The van der Waals surface area contributed by atoms with Crippen molar-refractivity contribution in [3.05, 3.63) is 64.6 Å². The molecule has 1 N–H and O–H groups in total. The first-order chi connectivity index (χ1) is 15.5. The minimum Gasteiger partial charge on any atom is -0.497 e. The molecule has 0 spiro atoms. The highest BCUT2D eigenvalue weighted by Gasteiger charge is 2.27. The van der Waals surface area contributed by atoms with Crippen LogP contribution in [0.3, 0.4) is 0 Å². The van der Waals surface area contributed by atoms with Gasteiger partial charge in [-0.15, -0.1) is 0 Å². The van der Waals surface area contributed by atoms with E-state index >= 15 is 0 Å². The first-order valence-electron chi connectivity index (χ1n) is 10.1. The Kier molecular flexibility index (Phi) is 6.58. The lowest BCUT2D eigenvalue weighted by molar-refractivity contribution is 0.0897. The zero-order valence-electron chi connectivity index (χ0n) is 18.1. The van der Waals surface area contributed by atoms with Crippen LogP contribution in [0.5, 0.6) is 17.2 Å². The summed E-state index contributed by atoms with van der Waals surface area (Å²) >= 11 is 6.54. The van der Waals surface area contributed by atoms with Gasteiger partial charge in [0, 0.05) is 24.7 Å². The molecule has 1 aliphatic heterocycles. The van der Waals surface area contributed by atoms with E-state index < -0.39 is 0 Å². The summed E-state index contributed by atoms with van der Waals surface area (Å²) in [7, 11) is 4.81. The van der Waals surface area contributed by atoms with Gasteiger partial charge in [-0.1, -0.05) is 11.6 Å². The Hall–Kier alpha value is -3.16. The van der Waals surface area contributed by atoms with Gasteiger partial charge in [-0.05, 0) is 48.0 Å². The minimum atomic E-state index is -0.306. The Morgan fingerprint density at radius 2 is 1.97 bits per heavy atom. The van der Waals surface area contributed by atoms with E-state index in [4.69, 9.17) is 35.0 Å². The first kappa shape index (κ1) is 22.0. The molecule has 2 heterocycles. The molecule has 4 rings (SSSR count). The standard InChI is InChI=1S/C24H24ClNO6/c1-28-13-17-5-7-22(31-17)24(27)26-12-18-9-15-8-14(10-20(25)23(15)32-18)19-11-16(29-2)4-6-21(19)30-3/h4-8,10-11,18H,9,12-13H2,1-3H3,(H,26,27)/t18-/m0/s1. The molecule has 32 heavy (non-hydrogen) atoms. The van der Waals surface area contributed by atoms with Gasteiger partial charge in [0.1, 0.15) is 35.7 Å². The fourth-order valence-electron chi connectivity index (χ4n) is 3.71. The van der Waals surface area contributed by atoms with Crippen molar-refractivity contribution in [3.8, 4) is 28.4 Å². The van der Waals surface area contributed by atoms with E-state index in [9.17, 15) is 4.79 Å². The minimum absolute atomic E-state index is 0.234. The summed E-state index contributed by atoms with van der Waals surface area (Å²) in [5, 5.41) is 3.36. The number of halogens is 1. The average molecular weight is 458 g/mol. The van der Waals surface area contributed by atoms with E-state index in [1.54, 1.807) is 33.5 Å². The van der Waals surface area contributed by atoms with Crippen molar-refractivity contribution in [3.63, 3.8) is 0 Å². The van der Waals surface area contributed by atoms with Crippen LogP contribution in [0, 0.1) is 0 Å². The number of ether oxygens (including phenoxy) is 4. The number of fused-ring (bicyclic) bond motifs is 1. The Morgan fingerprint density at radius 3 is 2.72 bits per heavy atom. The molecule has 8 heteroatoms. The van der Waals surface area contributed by atoms with E-state index in [0.29, 0.717) is 36.1 Å². The molecule has 7 nitrogen and oxygen atoms in total. The molecular weight excluding hydrogens is 434 g/mol. The number of carbonyl (C=O) groups is 1. The molecule has 2 aromatic carbocycles. The van der Waals surface area contributed by atoms with Crippen molar-refractivity contribution < 1.29 is 28.2 Å². The molecular formula is C24H24ClNO6. The van der Waals surface area contributed by atoms with Crippen LogP contribution in [0.4, 0.5) is 0 Å². The molecule has 0 aliphatic carbocycles. The van der Waals surface area contributed by atoms with E-state index in [0.717, 1.165) is 28.2 Å². The summed E-state index contributed by atoms with van der Waals surface area (Å²) in [6.45, 7) is 0.634. The van der Waals surface area contributed by atoms with Crippen LogP contribution in [-0.2, 0) is 17.8 Å². The number of hydrogen-bond acceptors (Lipinski definition) is 6. The molecule has 1 amide bonds. The fraction of sp³-hybridized carbons (Fsp3) is 0.292. The van der Waals surface area contributed by atoms with Gasteiger partial charge in [-0.2, -0.15) is 0 Å². The van der Waals surface area contributed by atoms with Gasteiger partial charge in [-0.25, -0.2) is 0 Å². The predicted molar refractivity (Wildman–Crippen MR) is 120 cm³/mol. The van der Waals surface area contributed by atoms with Crippen LogP contribution in [0.2, 0.25) is 5.02 Å². The van der Waals surface area contributed by atoms with Gasteiger partial charge in [0.15, 0.2) is 5.76 Å². The fourth-order valence-corrected chi connectivity index (χ4v) is 3.99. The van der Waals surface area contributed by atoms with Crippen molar-refractivity contribution in [1.29, 1.82) is 0 Å². The lowest BCUT2D eigenvalue weighted by atomic mass is 9.99. The van der Waals surface area contributed by atoms with Crippen LogP contribution in [0.1, 0.15) is 21.9 Å². The van der Waals surface area contributed by atoms with E-state index in [-0.39, 0.29) is 17.8 Å². The maximum Gasteiger partial charge on any atom is 0.287 e. The van der Waals surface area contributed by atoms with Crippen LogP contribution in [0.25, 0.3) is 11.1 Å². The number of furan rings is 1. The Bertz CT molecular complexity index is 1130. The first-order valence-corrected chi connectivity index (χ1v) is 10.5. The number of rotatable bonds is 8. The number of amides is 1. The SMILES string of the molecule is COCc1ccc(C(=O)NC[C@@H]2Cc3cc(-c4cc(OC)ccc4OC)cc(Cl)c3O2)o1. The third kappa shape index (κ3) is 4.54. The molecule has 0 fully saturated rings. The van der Waals surface area contributed by atoms with Crippen molar-refractivity contribution in [1.82, 2.24) is 5.32 Å². The monoisotopic (exact) mass is 457 g/mol. The molecule has 168 valence electrons. The predicted octanol–water partition coefficient (Wildman–Crippen LogP) is 4.50. The van der Waals surface area contributed by atoms with Crippen molar-refractivity contribution >= 4 is 17.5 Å². The lowest BCUT2D eigenvalue weighted by Gasteiger charge is -2.13. The lowest BCUT2D eigenvalue weighted by Crippen LogP contribution is -2.34. The van der Waals surface area contributed by atoms with Crippen LogP contribution in [0.15, 0.2) is 46.9 Å². The third-order valence-electron chi connectivity index (χ3n) is 5.23. The van der Waals surface area contributed by atoms with Gasteiger partial charge in [0.05, 0.1) is 25.8 Å². The van der Waals surface area contributed by atoms with Crippen LogP contribution in [-0.4, -0.2) is 39.9 Å². The average Bonchev–Trinajstić information content (AvgIpc) is 3.44. The molecule has 0 unspecified atom stereocenters. The van der Waals surface area contributed by atoms with Gasteiger partial charge in [0.25, 0.3) is 5.91 Å². The van der Waals surface area contributed by atoms with Crippen LogP contribution < -0.4 is 19.5 Å². The van der Waals surface area contributed by atoms with Crippen LogP contribution >= 0.6 is 11.6 Å². The van der Waals surface area contributed by atoms with Gasteiger partial charge in [-0.3, -0.25) is 4.79 Å². The third-order valence-corrected chi connectivity index (χ3v) is 5.51. The molecule has 0 radical (unpaired) electrons. The Labute approximate surface area is 191 Å². The maximum absolute atomic E-state index is 12.4. The Morgan fingerprint density at radius 1 is 1.12 bits per heavy atom. The van der Waals surface area contributed by atoms with E-state index in [1.165, 1.54) is 0 Å². The highest BCUT2D eigenvalue weighted by Crippen LogP contribution is 2.42. The maximum atomic E-state index is 12.4. The summed E-state index contributed by atoms with van der Waals surface area (Å²) < 4.78 is 27.3. The number of nitrogens with one attached hydrogen (secondary N) is 1. The van der Waals surface area contributed by atoms with Gasteiger partial charge < -0.3 is 28.7 Å². The molecule has 1 atom stereocenters. The number of methoxy groups -OCH3 is 3. The molecule has 0 bridgehead atoms. The normalized spacial score (nSPS) is 14.6. The zero-order chi connectivity index (χ0) is 22.7. The van der Waals surface area contributed by atoms with E-state index in [1.807, 2.05) is 30.3 Å². The highest BCUT2D eigenvalue weighted by atomic mass is 35.5. The summed E-state index contributed by atoms with van der Waals surface area (Å²) in [6, 6.07) is 12.8. The summed E-state index contributed by atoms with van der Waals surface area (Å²) in [4.78, 5) is 12.4. The second-order valence-corrected chi connectivity index (χ2v) is 7.77. The summed E-state index contributed by atoms with van der Waals surface area (Å²) in [5.41, 5.74) is 2.74. The Balaban J connectivity index is 1.47. The molecule has 0 saturated carbocycles. The number of benzene rings is 2. The topological polar surface area (TPSA) is 79.2 Å². The largest absolute Gasteiger partial charge is 0.497 e. The molecule has 1 aromatic heterocycles. The second-order valence-electron chi connectivity index (χ2n) is 7.37. The van der Waals surface area contributed by atoms with Crippen molar-refractivity contribution in [2.24, 2.45) is 0 Å². The van der Waals surface area contributed by atoms with Gasteiger partial charge >= 0.3 is 0 Å². The smallest absolute Gasteiger partial charge is 0.287 e. The molecule has 0 saturated heterocycles. The quantitative estimate of drug-likeness (QED) is 0.536. The zero-order valence-corrected chi connectivity index (χ0v) is 18.8. The highest BCUT2D eigenvalue weighted by molar-refractivity contribution is 6.32.